The topological polar surface area (TPSA) is 82.7 Å². The molecule has 1 aromatic heterocycles. The van der Waals surface area contributed by atoms with Crippen LogP contribution in [0, 0.1) is 0 Å². The van der Waals surface area contributed by atoms with Crippen LogP contribution < -0.4 is 10.6 Å². The SMILES string of the molecule is CC(C)c1nc(C(=O)NCCNC2CCCCCC2)n[nH]1. The van der Waals surface area contributed by atoms with Gasteiger partial charge in [-0.2, -0.15) is 0 Å². The van der Waals surface area contributed by atoms with Crippen LogP contribution in [0.3, 0.4) is 0 Å². The molecule has 6 heteroatoms. The number of carbonyl (C=O) groups excluding carboxylic acids is 1. The van der Waals surface area contributed by atoms with Crippen molar-refractivity contribution in [3.63, 3.8) is 0 Å². The molecule has 0 saturated heterocycles. The molecule has 0 bridgehead atoms. The van der Waals surface area contributed by atoms with Crippen molar-refractivity contribution in [2.24, 2.45) is 0 Å². The number of aromatic nitrogens is 3. The molecular weight excluding hydrogens is 266 g/mol. The minimum atomic E-state index is -0.208. The largest absolute Gasteiger partial charge is 0.348 e. The lowest BCUT2D eigenvalue weighted by atomic mass is 10.1. The number of hydrogen-bond acceptors (Lipinski definition) is 4. The quantitative estimate of drug-likeness (QED) is 0.553. The highest BCUT2D eigenvalue weighted by Crippen LogP contribution is 2.16. The van der Waals surface area contributed by atoms with Crippen LogP contribution in [0.25, 0.3) is 0 Å². The molecule has 0 unspecified atom stereocenters. The van der Waals surface area contributed by atoms with Crippen molar-refractivity contribution in [1.82, 2.24) is 25.8 Å². The number of hydrogen-bond donors (Lipinski definition) is 3. The third-order valence-electron chi connectivity index (χ3n) is 3.95. The van der Waals surface area contributed by atoms with Gasteiger partial charge in [0, 0.05) is 25.0 Å². The highest BCUT2D eigenvalue weighted by Gasteiger charge is 2.14. The fourth-order valence-corrected chi connectivity index (χ4v) is 2.65. The summed E-state index contributed by atoms with van der Waals surface area (Å²) in [5.74, 6) is 1.02. The van der Waals surface area contributed by atoms with Gasteiger partial charge in [-0.15, -0.1) is 5.10 Å². The van der Waals surface area contributed by atoms with Crippen molar-refractivity contribution >= 4 is 5.91 Å². The molecule has 118 valence electrons. The van der Waals surface area contributed by atoms with Crippen molar-refractivity contribution in [3.8, 4) is 0 Å². The summed E-state index contributed by atoms with van der Waals surface area (Å²) in [6, 6.07) is 0.612. The number of H-pyrrole nitrogens is 1. The minimum absolute atomic E-state index is 0.208. The van der Waals surface area contributed by atoms with Gasteiger partial charge in [0.15, 0.2) is 0 Å². The molecule has 1 aliphatic carbocycles. The summed E-state index contributed by atoms with van der Waals surface area (Å²) in [6.45, 7) is 5.44. The van der Waals surface area contributed by atoms with Crippen LogP contribution in [0.15, 0.2) is 0 Å². The van der Waals surface area contributed by atoms with Crippen LogP contribution in [0.5, 0.6) is 0 Å². The van der Waals surface area contributed by atoms with Crippen LogP contribution in [-0.4, -0.2) is 40.2 Å². The Morgan fingerprint density at radius 2 is 1.95 bits per heavy atom. The van der Waals surface area contributed by atoms with Crippen molar-refractivity contribution in [2.75, 3.05) is 13.1 Å². The lowest BCUT2D eigenvalue weighted by molar-refractivity contribution is 0.0943. The number of rotatable bonds is 6. The molecule has 1 amide bonds. The molecule has 1 heterocycles. The van der Waals surface area contributed by atoms with Gasteiger partial charge in [-0.3, -0.25) is 9.89 Å². The van der Waals surface area contributed by atoms with E-state index in [4.69, 9.17) is 0 Å². The van der Waals surface area contributed by atoms with Crippen molar-refractivity contribution in [3.05, 3.63) is 11.6 Å². The van der Waals surface area contributed by atoms with E-state index in [-0.39, 0.29) is 17.6 Å². The molecule has 1 saturated carbocycles. The number of amides is 1. The van der Waals surface area contributed by atoms with E-state index in [0.717, 1.165) is 12.4 Å². The molecule has 0 radical (unpaired) electrons. The maximum atomic E-state index is 11.9. The summed E-state index contributed by atoms with van der Waals surface area (Å²) in [5, 5.41) is 13.1. The molecule has 3 N–H and O–H groups in total. The number of aromatic amines is 1. The van der Waals surface area contributed by atoms with Crippen LogP contribution in [-0.2, 0) is 0 Å². The first-order chi connectivity index (χ1) is 10.2. The van der Waals surface area contributed by atoms with Gasteiger partial charge < -0.3 is 10.6 Å². The second-order valence-corrected chi connectivity index (χ2v) is 6.10. The molecule has 0 aliphatic heterocycles. The van der Waals surface area contributed by atoms with Crippen LogP contribution in [0.4, 0.5) is 0 Å². The molecule has 1 aliphatic rings. The van der Waals surface area contributed by atoms with Gasteiger partial charge in [0.05, 0.1) is 0 Å². The zero-order valence-corrected chi connectivity index (χ0v) is 13.1. The predicted octanol–water partition coefficient (Wildman–Crippen LogP) is 1.97. The Hall–Kier alpha value is -1.43. The van der Waals surface area contributed by atoms with E-state index in [9.17, 15) is 4.79 Å². The zero-order valence-electron chi connectivity index (χ0n) is 13.1. The van der Waals surface area contributed by atoms with Gasteiger partial charge in [0.2, 0.25) is 5.82 Å². The van der Waals surface area contributed by atoms with E-state index in [1.807, 2.05) is 13.8 Å². The van der Waals surface area contributed by atoms with Gasteiger partial charge >= 0.3 is 0 Å². The summed E-state index contributed by atoms with van der Waals surface area (Å²) in [7, 11) is 0. The van der Waals surface area contributed by atoms with Crippen LogP contribution >= 0.6 is 0 Å². The molecule has 21 heavy (non-hydrogen) atoms. The van der Waals surface area contributed by atoms with Crippen LogP contribution in [0.2, 0.25) is 0 Å². The average molecular weight is 293 g/mol. The maximum absolute atomic E-state index is 11.9. The Morgan fingerprint density at radius 3 is 2.57 bits per heavy atom. The van der Waals surface area contributed by atoms with E-state index < -0.39 is 0 Å². The summed E-state index contributed by atoms with van der Waals surface area (Å²) < 4.78 is 0. The highest BCUT2D eigenvalue weighted by molar-refractivity contribution is 5.90. The maximum Gasteiger partial charge on any atom is 0.291 e. The summed E-state index contributed by atoms with van der Waals surface area (Å²) in [4.78, 5) is 16.1. The molecule has 1 fully saturated rings. The van der Waals surface area contributed by atoms with Gasteiger partial charge in [-0.05, 0) is 12.8 Å². The second kappa shape index (κ2) is 8.12. The van der Waals surface area contributed by atoms with Crippen LogP contribution in [0.1, 0.15) is 74.7 Å². The lowest BCUT2D eigenvalue weighted by Crippen LogP contribution is -2.37. The fraction of sp³-hybridized carbons (Fsp3) is 0.800. The Balaban J connectivity index is 1.66. The Morgan fingerprint density at radius 1 is 1.24 bits per heavy atom. The first kappa shape index (κ1) is 15.9. The monoisotopic (exact) mass is 293 g/mol. The van der Waals surface area contributed by atoms with E-state index in [1.54, 1.807) is 0 Å². The first-order valence-electron chi connectivity index (χ1n) is 8.10. The number of nitrogens with one attached hydrogen (secondary N) is 3. The van der Waals surface area contributed by atoms with E-state index in [1.165, 1.54) is 38.5 Å². The molecule has 0 atom stereocenters. The number of nitrogens with zero attached hydrogens (tertiary/aromatic N) is 2. The highest BCUT2D eigenvalue weighted by atomic mass is 16.2. The van der Waals surface area contributed by atoms with E-state index >= 15 is 0 Å². The van der Waals surface area contributed by atoms with Crippen molar-refractivity contribution in [1.29, 1.82) is 0 Å². The average Bonchev–Trinajstić information content (AvgIpc) is 2.82. The normalized spacial score (nSPS) is 16.9. The lowest BCUT2D eigenvalue weighted by Gasteiger charge is -2.16. The Kier molecular flexibility index (Phi) is 6.17. The fourth-order valence-electron chi connectivity index (χ4n) is 2.65. The van der Waals surface area contributed by atoms with E-state index in [2.05, 4.69) is 25.8 Å². The number of carbonyl (C=O) groups is 1. The predicted molar refractivity (Wildman–Crippen MR) is 82.3 cm³/mol. The van der Waals surface area contributed by atoms with Gasteiger partial charge in [-0.25, -0.2) is 4.98 Å². The summed E-state index contributed by atoms with van der Waals surface area (Å²) >= 11 is 0. The standard InChI is InChI=1S/C15H27N5O/c1-11(2)13-18-14(20-19-13)15(21)17-10-9-16-12-7-5-3-4-6-8-12/h11-12,16H,3-10H2,1-2H3,(H,17,21)(H,18,19,20). The molecule has 0 spiro atoms. The minimum Gasteiger partial charge on any atom is -0.348 e. The smallest absolute Gasteiger partial charge is 0.291 e. The second-order valence-electron chi connectivity index (χ2n) is 6.10. The van der Waals surface area contributed by atoms with E-state index in [0.29, 0.717) is 12.6 Å². The Labute approximate surface area is 126 Å². The van der Waals surface area contributed by atoms with Gasteiger partial charge in [0.1, 0.15) is 5.82 Å². The molecular formula is C15H27N5O. The molecule has 1 aromatic rings. The first-order valence-corrected chi connectivity index (χ1v) is 8.10. The van der Waals surface area contributed by atoms with Crippen molar-refractivity contribution in [2.45, 2.75) is 64.3 Å². The Bertz CT molecular complexity index is 435. The molecule has 0 aromatic carbocycles. The third kappa shape index (κ3) is 5.12. The van der Waals surface area contributed by atoms with Crippen molar-refractivity contribution < 1.29 is 4.79 Å². The summed E-state index contributed by atoms with van der Waals surface area (Å²) in [6.07, 6.45) is 7.87. The molecule has 2 rings (SSSR count). The summed E-state index contributed by atoms with van der Waals surface area (Å²) in [5.41, 5.74) is 0. The zero-order chi connectivity index (χ0) is 15.1. The molecule has 6 nitrogen and oxygen atoms in total. The third-order valence-corrected chi connectivity index (χ3v) is 3.95. The van der Waals surface area contributed by atoms with Gasteiger partial charge in [-0.1, -0.05) is 39.5 Å². The van der Waals surface area contributed by atoms with Gasteiger partial charge in [0.25, 0.3) is 5.91 Å².